The molecule has 9 heteroatoms. The molecule has 1 fully saturated rings. The topological polar surface area (TPSA) is 118 Å². The van der Waals surface area contributed by atoms with E-state index in [1.165, 1.54) is 11.8 Å². The molecule has 0 aromatic heterocycles. The Hall–Kier alpha value is 0.260. The summed E-state index contributed by atoms with van der Waals surface area (Å²) in [4.78, 5) is 41.9. The van der Waals surface area contributed by atoms with E-state index in [1.54, 1.807) is 6.92 Å². The fraction of sp³-hybridized carbons (Fsp3) is 1.00. The fourth-order valence-electron chi connectivity index (χ4n) is 5.41. The molecule has 0 heterocycles. The summed E-state index contributed by atoms with van der Waals surface area (Å²) in [7, 11) is -10.2. The molecule has 0 bridgehead atoms. The second-order valence-corrected chi connectivity index (χ2v) is 11.3. The molecular formula is C16H35NO6P2. The van der Waals surface area contributed by atoms with Crippen molar-refractivity contribution in [3.63, 3.8) is 0 Å². The van der Waals surface area contributed by atoms with Crippen LogP contribution in [-0.2, 0) is 9.13 Å². The monoisotopic (exact) mass is 399 g/mol. The first-order valence-corrected chi connectivity index (χ1v) is 12.5. The van der Waals surface area contributed by atoms with Gasteiger partial charge in [0.2, 0.25) is 5.02 Å². The molecule has 3 atom stereocenters. The molecule has 7 nitrogen and oxygen atoms in total. The smallest absolute Gasteiger partial charge is 0.323 e. The van der Waals surface area contributed by atoms with Crippen LogP contribution in [0.4, 0.5) is 0 Å². The summed E-state index contributed by atoms with van der Waals surface area (Å²) in [6.07, 6.45) is 3.73. The summed E-state index contributed by atoms with van der Waals surface area (Å²) in [5.41, 5.74) is -0.626. The lowest BCUT2D eigenvalue weighted by Crippen LogP contribution is -2.64. The average molecular weight is 399 g/mol. The van der Waals surface area contributed by atoms with Crippen molar-refractivity contribution in [2.75, 3.05) is 6.54 Å². The third-order valence-corrected chi connectivity index (χ3v) is 10.9. The van der Waals surface area contributed by atoms with Gasteiger partial charge in [-0.2, -0.15) is 0 Å². The third-order valence-electron chi connectivity index (χ3n) is 6.39. The molecule has 25 heavy (non-hydrogen) atoms. The van der Waals surface area contributed by atoms with Crippen molar-refractivity contribution in [3.05, 3.63) is 0 Å². The summed E-state index contributed by atoms with van der Waals surface area (Å²) in [5.74, 6) is 0.478. The van der Waals surface area contributed by atoms with Crippen LogP contribution in [0.5, 0.6) is 0 Å². The van der Waals surface area contributed by atoms with Crippen LogP contribution in [0.3, 0.4) is 0 Å². The van der Waals surface area contributed by atoms with E-state index in [2.05, 4.69) is 6.92 Å². The molecule has 1 aliphatic rings. The van der Waals surface area contributed by atoms with Crippen molar-refractivity contribution in [2.24, 2.45) is 11.8 Å². The molecule has 0 aliphatic heterocycles. The van der Waals surface area contributed by atoms with Crippen LogP contribution in [-0.4, -0.2) is 41.6 Å². The predicted octanol–water partition coefficient (Wildman–Crippen LogP) is 3.72. The lowest BCUT2D eigenvalue weighted by molar-refractivity contribution is -0.0568. The van der Waals surface area contributed by atoms with E-state index in [0.717, 1.165) is 19.3 Å². The summed E-state index contributed by atoms with van der Waals surface area (Å²) in [5, 5.41) is -2.46. The summed E-state index contributed by atoms with van der Waals surface area (Å²) < 4.78 is 24.9. The highest BCUT2D eigenvalue weighted by Gasteiger charge is 2.67. The van der Waals surface area contributed by atoms with Crippen molar-refractivity contribution in [3.8, 4) is 0 Å². The Kier molecular flexibility index (Phi) is 7.55. The first-order chi connectivity index (χ1) is 11.4. The van der Waals surface area contributed by atoms with Gasteiger partial charge in [0.15, 0.2) is 0 Å². The van der Waals surface area contributed by atoms with Crippen LogP contribution in [0.15, 0.2) is 0 Å². The molecule has 0 spiro atoms. The molecular weight excluding hydrogens is 364 g/mol. The molecule has 1 saturated carbocycles. The van der Waals surface area contributed by atoms with Gasteiger partial charge in [-0.25, -0.2) is 0 Å². The summed E-state index contributed by atoms with van der Waals surface area (Å²) >= 11 is 0. The quantitative estimate of drug-likeness (QED) is 0.459. The van der Waals surface area contributed by atoms with Crippen molar-refractivity contribution < 1.29 is 28.7 Å². The van der Waals surface area contributed by atoms with Crippen LogP contribution >= 0.6 is 15.2 Å². The SMILES string of the molecule is CCC1C(C)CCCC1(CC)N(CC)C(CC)(P(=O)(O)O)P(=O)(O)O. The van der Waals surface area contributed by atoms with Gasteiger partial charge in [-0.15, -0.1) is 0 Å². The Morgan fingerprint density at radius 3 is 1.92 bits per heavy atom. The minimum absolute atomic E-state index is 0.134. The first-order valence-electron chi connectivity index (χ1n) is 9.28. The largest absolute Gasteiger partial charge is 0.358 e. The van der Waals surface area contributed by atoms with Crippen molar-refractivity contribution in [1.82, 2.24) is 4.90 Å². The van der Waals surface area contributed by atoms with Gasteiger partial charge < -0.3 is 19.6 Å². The zero-order valence-electron chi connectivity index (χ0n) is 16.1. The highest BCUT2D eigenvalue weighted by atomic mass is 31.2. The maximum Gasteiger partial charge on any atom is 0.358 e. The minimum Gasteiger partial charge on any atom is -0.323 e. The Labute approximate surface area is 151 Å². The van der Waals surface area contributed by atoms with Crippen molar-refractivity contribution in [1.29, 1.82) is 0 Å². The number of hydrogen-bond donors (Lipinski definition) is 4. The van der Waals surface area contributed by atoms with Crippen molar-refractivity contribution >= 4 is 15.2 Å². The Morgan fingerprint density at radius 1 is 1.08 bits per heavy atom. The molecule has 150 valence electrons. The van der Waals surface area contributed by atoms with E-state index in [0.29, 0.717) is 18.8 Å². The Balaban J connectivity index is 3.74. The number of nitrogens with zero attached hydrogens (tertiary/aromatic N) is 1. The molecule has 0 aromatic rings. The van der Waals surface area contributed by atoms with Gasteiger partial charge in [0.1, 0.15) is 0 Å². The van der Waals surface area contributed by atoms with Crippen LogP contribution in [0.2, 0.25) is 0 Å². The predicted molar refractivity (Wildman–Crippen MR) is 99.3 cm³/mol. The summed E-state index contributed by atoms with van der Waals surface area (Å²) in [6, 6.07) is 0. The van der Waals surface area contributed by atoms with Gasteiger partial charge in [0.05, 0.1) is 0 Å². The molecule has 0 aromatic carbocycles. The minimum atomic E-state index is -5.12. The van der Waals surface area contributed by atoms with Crippen LogP contribution in [0.25, 0.3) is 0 Å². The molecule has 4 N–H and O–H groups in total. The zero-order valence-corrected chi connectivity index (χ0v) is 17.8. The third kappa shape index (κ3) is 3.67. The maximum absolute atomic E-state index is 12.5. The van der Waals surface area contributed by atoms with E-state index >= 15 is 0 Å². The zero-order chi connectivity index (χ0) is 19.7. The van der Waals surface area contributed by atoms with Crippen LogP contribution in [0.1, 0.15) is 73.1 Å². The van der Waals surface area contributed by atoms with Crippen LogP contribution in [0, 0.1) is 11.8 Å². The van der Waals surface area contributed by atoms with Gasteiger partial charge >= 0.3 is 15.2 Å². The van der Waals surface area contributed by atoms with Gasteiger partial charge in [-0.05, 0) is 37.6 Å². The fourth-order valence-corrected chi connectivity index (χ4v) is 8.90. The second kappa shape index (κ2) is 8.10. The second-order valence-electron chi connectivity index (χ2n) is 7.30. The Morgan fingerprint density at radius 2 is 1.60 bits per heavy atom. The standard InChI is InChI=1S/C16H35NO6P2/c1-6-14-13(5)11-10-12-15(14,7-2)17(9-4)16(8-3,24(18,19)20)25(21,22)23/h13-14H,6-12H2,1-5H3,(H2,18,19,20)(H2,21,22,23). The molecule has 0 amide bonds. The number of rotatable bonds is 8. The van der Waals surface area contributed by atoms with Gasteiger partial charge in [0.25, 0.3) is 0 Å². The molecule has 0 radical (unpaired) electrons. The summed E-state index contributed by atoms with van der Waals surface area (Å²) in [6.45, 7) is 9.52. The van der Waals surface area contributed by atoms with Gasteiger partial charge in [0, 0.05) is 5.54 Å². The van der Waals surface area contributed by atoms with Gasteiger partial charge in [-0.1, -0.05) is 53.9 Å². The van der Waals surface area contributed by atoms with Crippen LogP contribution < -0.4 is 0 Å². The number of hydrogen-bond acceptors (Lipinski definition) is 3. The van der Waals surface area contributed by atoms with E-state index in [4.69, 9.17) is 0 Å². The van der Waals surface area contributed by atoms with E-state index in [9.17, 15) is 28.7 Å². The lowest BCUT2D eigenvalue weighted by atomic mass is 9.64. The lowest BCUT2D eigenvalue weighted by Gasteiger charge is -2.59. The van der Waals surface area contributed by atoms with Crippen molar-refractivity contribution in [2.45, 2.75) is 83.7 Å². The molecule has 0 saturated heterocycles. The Bertz CT molecular complexity index is 523. The normalized spacial score (nSPS) is 29.2. The molecule has 1 aliphatic carbocycles. The van der Waals surface area contributed by atoms with E-state index in [-0.39, 0.29) is 18.9 Å². The van der Waals surface area contributed by atoms with E-state index < -0.39 is 25.8 Å². The molecule has 3 unspecified atom stereocenters. The maximum atomic E-state index is 12.5. The highest BCUT2D eigenvalue weighted by molar-refractivity contribution is 7.72. The highest BCUT2D eigenvalue weighted by Crippen LogP contribution is 2.74. The van der Waals surface area contributed by atoms with Gasteiger partial charge in [-0.3, -0.25) is 14.0 Å². The van der Waals surface area contributed by atoms with E-state index in [1.807, 2.05) is 13.8 Å². The first kappa shape index (κ1) is 23.3. The average Bonchev–Trinajstić information content (AvgIpc) is 2.49. The molecule has 1 rings (SSSR count).